The summed E-state index contributed by atoms with van der Waals surface area (Å²) < 4.78 is 12.4. The monoisotopic (exact) mass is 513 g/mol. The van der Waals surface area contributed by atoms with Crippen molar-refractivity contribution in [2.24, 2.45) is 0 Å². The maximum absolute atomic E-state index is 6.22. The number of hydrogen-bond acceptors (Lipinski definition) is 3. The van der Waals surface area contributed by atoms with Crippen LogP contribution in [0, 0.1) is 6.92 Å². The number of hydrogen-bond donors (Lipinski definition) is 1. The van der Waals surface area contributed by atoms with Crippen molar-refractivity contribution in [1.29, 1.82) is 0 Å². The fourth-order valence-electron chi connectivity index (χ4n) is 2.71. The molecule has 0 bridgehead atoms. The number of ether oxygens (including phenoxy) is 2. The van der Waals surface area contributed by atoms with Crippen molar-refractivity contribution in [3.63, 3.8) is 0 Å². The van der Waals surface area contributed by atoms with Crippen molar-refractivity contribution in [3.05, 3.63) is 84.8 Å². The van der Waals surface area contributed by atoms with Gasteiger partial charge in [-0.3, -0.25) is 0 Å². The molecule has 0 aliphatic heterocycles. The van der Waals surface area contributed by atoms with Crippen LogP contribution in [0.5, 0.6) is 11.5 Å². The number of rotatable bonds is 7. The Labute approximate surface area is 194 Å². The maximum atomic E-state index is 6.22. The van der Waals surface area contributed by atoms with Crippen LogP contribution in [0.1, 0.15) is 16.7 Å². The molecule has 0 radical (unpaired) electrons. The number of halogens is 4. The SMILES string of the molecule is COc1cc(CNc2ccc(C)c(Cl)c2)c(Br)cc1OCc1c(Cl)cccc1Cl. The Bertz CT molecular complexity index is 1010. The molecule has 7 heteroatoms. The van der Waals surface area contributed by atoms with Crippen LogP contribution in [-0.4, -0.2) is 7.11 Å². The number of nitrogens with one attached hydrogen (secondary N) is 1. The molecule has 29 heavy (non-hydrogen) atoms. The van der Waals surface area contributed by atoms with Gasteiger partial charge in [0.25, 0.3) is 0 Å². The maximum Gasteiger partial charge on any atom is 0.162 e. The molecule has 0 aromatic heterocycles. The van der Waals surface area contributed by atoms with Crippen molar-refractivity contribution >= 4 is 56.4 Å². The van der Waals surface area contributed by atoms with E-state index in [0.29, 0.717) is 28.1 Å². The third kappa shape index (κ3) is 5.52. The summed E-state index contributed by atoms with van der Waals surface area (Å²) >= 11 is 22.3. The molecule has 0 aliphatic rings. The minimum absolute atomic E-state index is 0.237. The highest BCUT2D eigenvalue weighted by Gasteiger charge is 2.13. The Morgan fingerprint density at radius 1 is 0.931 bits per heavy atom. The van der Waals surface area contributed by atoms with Crippen molar-refractivity contribution < 1.29 is 9.47 Å². The van der Waals surface area contributed by atoms with E-state index in [9.17, 15) is 0 Å². The number of methoxy groups -OCH3 is 1. The first-order valence-electron chi connectivity index (χ1n) is 8.81. The van der Waals surface area contributed by atoms with Crippen LogP contribution >= 0.6 is 50.7 Å². The zero-order chi connectivity index (χ0) is 21.0. The van der Waals surface area contributed by atoms with Crippen LogP contribution in [0.2, 0.25) is 15.1 Å². The quantitative estimate of drug-likeness (QED) is 0.347. The van der Waals surface area contributed by atoms with Gasteiger partial charge in [0.1, 0.15) is 6.61 Å². The van der Waals surface area contributed by atoms with Crippen LogP contribution in [0.4, 0.5) is 5.69 Å². The first-order valence-corrected chi connectivity index (χ1v) is 10.7. The largest absolute Gasteiger partial charge is 0.493 e. The average Bonchev–Trinajstić information content (AvgIpc) is 2.69. The topological polar surface area (TPSA) is 30.5 Å². The standard InChI is InChI=1S/C22H19BrCl3NO2/c1-13-6-7-15(9-20(13)26)27-11-14-8-21(28-2)22(10-17(14)23)29-12-16-18(24)4-3-5-19(16)25/h3-10,27H,11-12H2,1-2H3. The van der Waals surface area contributed by atoms with Crippen molar-refractivity contribution in [2.75, 3.05) is 12.4 Å². The normalized spacial score (nSPS) is 10.7. The highest BCUT2D eigenvalue weighted by atomic mass is 79.9. The predicted octanol–water partition coefficient (Wildman–Crippen LogP) is 7.92. The molecule has 1 N–H and O–H groups in total. The number of benzene rings is 3. The van der Waals surface area contributed by atoms with Crippen LogP contribution in [0.15, 0.2) is 53.0 Å². The Kier molecular flexibility index (Phi) is 7.58. The van der Waals surface area contributed by atoms with Gasteiger partial charge >= 0.3 is 0 Å². The smallest absolute Gasteiger partial charge is 0.162 e. The lowest BCUT2D eigenvalue weighted by Gasteiger charge is -2.16. The number of aryl methyl sites for hydroxylation is 1. The second kappa shape index (κ2) is 9.94. The summed E-state index contributed by atoms with van der Waals surface area (Å²) in [5.74, 6) is 1.22. The Balaban J connectivity index is 1.75. The van der Waals surface area contributed by atoms with Gasteiger partial charge in [-0.1, -0.05) is 62.9 Å². The van der Waals surface area contributed by atoms with E-state index in [4.69, 9.17) is 44.3 Å². The molecule has 152 valence electrons. The minimum Gasteiger partial charge on any atom is -0.493 e. The molecule has 3 rings (SSSR count). The van der Waals surface area contributed by atoms with E-state index in [0.717, 1.165) is 31.9 Å². The van der Waals surface area contributed by atoms with Gasteiger partial charge in [0, 0.05) is 37.3 Å². The van der Waals surface area contributed by atoms with Crippen LogP contribution in [0.25, 0.3) is 0 Å². The van der Waals surface area contributed by atoms with Gasteiger partial charge in [0.05, 0.1) is 7.11 Å². The van der Waals surface area contributed by atoms with E-state index < -0.39 is 0 Å². The number of anilines is 1. The summed E-state index contributed by atoms with van der Waals surface area (Å²) in [5, 5.41) is 5.22. The second-order valence-corrected chi connectivity index (χ2v) is 8.48. The van der Waals surface area contributed by atoms with Gasteiger partial charge in [0.15, 0.2) is 11.5 Å². The third-order valence-electron chi connectivity index (χ3n) is 4.42. The van der Waals surface area contributed by atoms with Gasteiger partial charge in [-0.2, -0.15) is 0 Å². The highest BCUT2D eigenvalue weighted by Crippen LogP contribution is 2.35. The van der Waals surface area contributed by atoms with E-state index in [-0.39, 0.29) is 6.61 Å². The predicted molar refractivity (Wildman–Crippen MR) is 125 cm³/mol. The fraction of sp³-hybridized carbons (Fsp3) is 0.182. The summed E-state index contributed by atoms with van der Waals surface area (Å²) in [6.07, 6.45) is 0. The molecule has 0 spiro atoms. The first kappa shape index (κ1) is 22.1. The lowest BCUT2D eigenvalue weighted by molar-refractivity contribution is 0.284. The van der Waals surface area contributed by atoms with Gasteiger partial charge in [-0.15, -0.1) is 0 Å². The summed E-state index contributed by atoms with van der Waals surface area (Å²) in [4.78, 5) is 0. The summed E-state index contributed by atoms with van der Waals surface area (Å²) in [6, 6.07) is 15.1. The zero-order valence-electron chi connectivity index (χ0n) is 15.9. The molecule has 3 aromatic carbocycles. The van der Waals surface area contributed by atoms with E-state index in [2.05, 4.69) is 21.2 Å². The fourth-order valence-corrected chi connectivity index (χ4v) is 3.85. The molecule has 0 unspecified atom stereocenters. The Morgan fingerprint density at radius 3 is 2.31 bits per heavy atom. The molecule has 0 amide bonds. The minimum atomic E-state index is 0.237. The first-order chi connectivity index (χ1) is 13.9. The van der Waals surface area contributed by atoms with Crippen LogP contribution in [0.3, 0.4) is 0 Å². The van der Waals surface area contributed by atoms with Gasteiger partial charge < -0.3 is 14.8 Å². The summed E-state index contributed by atoms with van der Waals surface area (Å²) in [6.45, 7) is 2.80. The zero-order valence-corrected chi connectivity index (χ0v) is 19.7. The van der Waals surface area contributed by atoms with Crippen molar-refractivity contribution in [1.82, 2.24) is 0 Å². The van der Waals surface area contributed by atoms with Gasteiger partial charge in [-0.05, 0) is 54.4 Å². The third-order valence-corrected chi connectivity index (χ3v) is 6.27. The van der Waals surface area contributed by atoms with Crippen molar-refractivity contribution in [3.8, 4) is 11.5 Å². The molecule has 3 nitrogen and oxygen atoms in total. The molecule has 0 aliphatic carbocycles. The molecule has 0 atom stereocenters. The lowest BCUT2D eigenvalue weighted by atomic mass is 10.1. The molecule has 0 saturated carbocycles. The Hall–Kier alpha value is -1.59. The molecular formula is C22H19BrCl3NO2. The molecule has 3 aromatic rings. The van der Waals surface area contributed by atoms with E-state index in [1.807, 2.05) is 37.3 Å². The van der Waals surface area contributed by atoms with E-state index in [1.165, 1.54) is 0 Å². The average molecular weight is 516 g/mol. The molecule has 0 heterocycles. The van der Waals surface area contributed by atoms with E-state index in [1.54, 1.807) is 25.3 Å². The van der Waals surface area contributed by atoms with Crippen LogP contribution < -0.4 is 14.8 Å². The van der Waals surface area contributed by atoms with Gasteiger partial charge in [-0.25, -0.2) is 0 Å². The molecular weight excluding hydrogens is 497 g/mol. The Morgan fingerprint density at radius 2 is 1.66 bits per heavy atom. The van der Waals surface area contributed by atoms with E-state index >= 15 is 0 Å². The molecule has 0 fully saturated rings. The summed E-state index contributed by atoms with van der Waals surface area (Å²) in [7, 11) is 1.61. The van der Waals surface area contributed by atoms with Gasteiger partial charge in [0.2, 0.25) is 0 Å². The second-order valence-electron chi connectivity index (χ2n) is 6.40. The van der Waals surface area contributed by atoms with Crippen molar-refractivity contribution in [2.45, 2.75) is 20.1 Å². The molecule has 0 saturated heterocycles. The highest BCUT2D eigenvalue weighted by molar-refractivity contribution is 9.10. The van der Waals surface area contributed by atoms with Crippen LogP contribution in [-0.2, 0) is 13.2 Å². The lowest BCUT2D eigenvalue weighted by Crippen LogP contribution is -2.03. The summed E-state index contributed by atoms with van der Waals surface area (Å²) in [5.41, 5.74) is 3.73.